The van der Waals surface area contributed by atoms with Crippen LogP contribution in [-0.4, -0.2) is 37.5 Å². The zero-order valence-corrected chi connectivity index (χ0v) is 10.7. The van der Waals surface area contributed by atoms with Crippen LogP contribution in [0.5, 0.6) is 0 Å². The van der Waals surface area contributed by atoms with Crippen LogP contribution in [0.3, 0.4) is 0 Å². The molecular weight excluding hydrogens is 214 g/mol. The molecule has 0 aromatic carbocycles. The van der Waals surface area contributed by atoms with Gasteiger partial charge in [0.15, 0.2) is 0 Å². The number of nitrogens with one attached hydrogen (secondary N) is 1. The van der Waals surface area contributed by atoms with Crippen molar-refractivity contribution >= 4 is 0 Å². The Kier molecular flexibility index (Phi) is 4.44. The third-order valence-electron chi connectivity index (χ3n) is 3.84. The molecule has 1 N–H and O–H groups in total. The fraction of sp³-hybridized carbons (Fsp3) is 0.857. The molecular formula is C14H23NO2. The fourth-order valence-corrected chi connectivity index (χ4v) is 2.90. The summed E-state index contributed by atoms with van der Waals surface area (Å²) in [6.07, 6.45) is 10.4. The molecule has 2 atom stereocenters. The molecule has 2 unspecified atom stereocenters. The summed E-state index contributed by atoms with van der Waals surface area (Å²) in [7, 11) is 0. The number of hydrogen-bond donors (Lipinski definition) is 1. The van der Waals surface area contributed by atoms with Crippen molar-refractivity contribution in [2.24, 2.45) is 0 Å². The molecule has 2 aliphatic heterocycles. The maximum absolute atomic E-state index is 6.02. The Hall–Kier alpha value is -0.560. The minimum atomic E-state index is 0.0734. The third-order valence-corrected chi connectivity index (χ3v) is 3.84. The minimum Gasteiger partial charge on any atom is -0.381 e. The second-order valence-corrected chi connectivity index (χ2v) is 5.31. The summed E-state index contributed by atoms with van der Waals surface area (Å²) in [5.74, 6) is 2.71. The van der Waals surface area contributed by atoms with Gasteiger partial charge in [-0.05, 0) is 32.6 Å². The molecule has 0 bridgehead atoms. The smallest absolute Gasteiger partial charge is 0.0741 e. The summed E-state index contributed by atoms with van der Waals surface area (Å²) in [6.45, 7) is 4.70. The fourth-order valence-electron chi connectivity index (χ4n) is 2.90. The van der Waals surface area contributed by atoms with Gasteiger partial charge in [0.1, 0.15) is 0 Å². The van der Waals surface area contributed by atoms with E-state index in [0.29, 0.717) is 12.1 Å². The minimum absolute atomic E-state index is 0.0734. The summed E-state index contributed by atoms with van der Waals surface area (Å²) in [4.78, 5) is 0. The molecule has 0 aliphatic carbocycles. The van der Waals surface area contributed by atoms with Crippen molar-refractivity contribution in [3.63, 3.8) is 0 Å². The predicted octanol–water partition coefficient (Wildman–Crippen LogP) is 1.72. The van der Waals surface area contributed by atoms with Crippen molar-refractivity contribution < 1.29 is 9.47 Å². The first-order valence-corrected chi connectivity index (χ1v) is 6.65. The molecule has 2 saturated heterocycles. The normalized spacial score (nSPS) is 29.8. The van der Waals surface area contributed by atoms with Gasteiger partial charge in [0.25, 0.3) is 0 Å². The first-order valence-electron chi connectivity index (χ1n) is 6.65. The van der Waals surface area contributed by atoms with E-state index in [2.05, 4.69) is 18.2 Å². The Bertz CT molecular complexity index is 273. The van der Waals surface area contributed by atoms with Crippen LogP contribution in [0.15, 0.2) is 0 Å². The monoisotopic (exact) mass is 237 g/mol. The van der Waals surface area contributed by atoms with Crippen LogP contribution in [0.2, 0.25) is 0 Å². The van der Waals surface area contributed by atoms with E-state index in [1.807, 2.05) is 0 Å². The van der Waals surface area contributed by atoms with Crippen LogP contribution < -0.4 is 5.32 Å². The highest BCUT2D eigenvalue weighted by Crippen LogP contribution is 2.34. The molecule has 96 valence electrons. The lowest BCUT2D eigenvalue weighted by Gasteiger charge is -2.44. The number of hydrogen-bond acceptors (Lipinski definition) is 3. The lowest BCUT2D eigenvalue weighted by molar-refractivity contribution is -0.140. The largest absolute Gasteiger partial charge is 0.381 e. The van der Waals surface area contributed by atoms with Gasteiger partial charge in [-0.3, -0.25) is 0 Å². The first kappa shape index (κ1) is 12.9. The average molecular weight is 237 g/mol. The van der Waals surface area contributed by atoms with Gasteiger partial charge in [-0.25, -0.2) is 0 Å². The molecule has 3 heteroatoms. The molecule has 3 nitrogen and oxygen atoms in total. The van der Waals surface area contributed by atoms with E-state index in [1.54, 1.807) is 0 Å². The Morgan fingerprint density at radius 2 is 2.18 bits per heavy atom. The van der Waals surface area contributed by atoms with Gasteiger partial charge in [0.2, 0.25) is 0 Å². The lowest BCUT2D eigenvalue weighted by atomic mass is 9.84. The van der Waals surface area contributed by atoms with Gasteiger partial charge in [-0.1, -0.05) is 0 Å². The molecule has 0 aromatic heterocycles. The van der Waals surface area contributed by atoms with Crippen molar-refractivity contribution in [1.82, 2.24) is 5.32 Å². The van der Waals surface area contributed by atoms with Gasteiger partial charge in [-0.2, -0.15) is 0 Å². The number of ether oxygens (including phenoxy) is 2. The topological polar surface area (TPSA) is 30.5 Å². The molecule has 0 aromatic rings. The molecule has 2 aliphatic rings. The van der Waals surface area contributed by atoms with Crippen molar-refractivity contribution in [3.8, 4) is 12.3 Å². The molecule has 2 heterocycles. The average Bonchev–Trinajstić information content (AvgIpc) is 2.30. The lowest BCUT2D eigenvalue weighted by Crippen LogP contribution is -2.51. The molecule has 1 spiro atoms. The van der Waals surface area contributed by atoms with E-state index < -0.39 is 0 Å². The van der Waals surface area contributed by atoms with Gasteiger partial charge in [-0.15, -0.1) is 12.3 Å². The quantitative estimate of drug-likeness (QED) is 0.758. The maximum Gasteiger partial charge on any atom is 0.0741 e. The highest BCUT2D eigenvalue weighted by molar-refractivity contribution is 4.94. The second-order valence-electron chi connectivity index (χ2n) is 5.31. The van der Waals surface area contributed by atoms with Crippen molar-refractivity contribution in [2.45, 2.75) is 56.7 Å². The summed E-state index contributed by atoms with van der Waals surface area (Å²) >= 11 is 0. The van der Waals surface area contributed by atoms with E-state index in [4.69, 9.17) is 15.9 Å². The molecule has 0 amide bonds. The van der Waals surface area contributed by atoms with Crippen molar-refractivity contribution in [1.29, 1.82) is 0 Å². The molecule has 0 radical (unpaired) electrons. The van der Waals surface area contributed by atoms with Crippen LogP contribution in [0.4, 0.5) is 0 Å². The zero-order chi connectivity index (χ0) is 12.1. The van der Waals surface area contributed by atoms with Crippen molar-refractivity contribution in [3.05, 3.63) is 0 Å². The van der Waals surface area contributed by atoms with E-state index in [9.17, 15) is 0 Å². The Morgan fingerprint density at radius 1 is 1.41 bits per heavy atom. The van der Waals surface area contributed by atoms with Crippen LogP contribution >= 0.6 is 0 Å². The molecule has 2 rings (SSSR count). The van der Waals surface area contributed by atoms with Crippen molar-refractivity contribution in [2.75, 3.05) is 19.8 Å². The second kappa shape index (κ2) is 5.86. The number of rotatable bonds is 3. The predicted molar refractivity (Wildman–Crippen MR) is 67.8 cm³/mol. The van der Waals surface area contributed by atoms with Crippen LogP contribution in [0.1, 0.15) is 39.0 Å². The summed E-state index contributed by atoms with van der Waals surface area (Å²) < 4.78 is 11.4. The van der Waals surface area contributed by atoms with E-state index >= 15 is 0 Å². The van der Waals surface area contributed by atoms with Gasteiger partial charge in [0, 0.05) is 38.3 Å². The molecule has 17 heavy (non-hydrogen) atoms. The Labute approximate surface area is 104 Å². The summed E-state index contributed by atoms with van der Waals surface area (Å²) in [5.41, 5.74) is 0.0734. The zero-order valence-electron chi connectivity index (χ0n) is 10.7. The SMILES string of the molecule is C#CCC(C)NC1CCOC2(CCOCC2)C1. The third kappa shape index (κ3) is 3.45. The van der Waals surface area contributed by atoms with E-state index in [-0.39, 0.29) is 5.60 Å². The van der Waals surface area contributed by atoms with Crippen LogP contribution in [-0.2, 0) is 9.47 Å². The molecule has 2 fully saturated rings. The Balaban J connectivity index is 1.86. The van der Waals surface area contributed by atoms with Gasteiger partial charge >= 0.3 is 0 Å². The van der Waals surface area contributed by atoms with Gasteiger partial charge < -0.3 is 14.8 Å². The summed E-state index contributed by atoms with van der Waals surface area (Å²) in [5, 5.41) is 3.63. The van der Waals surface area contributed by atoms with Crippen LogP contribution in [0, 0.1) is 12.3 Å². The molecule has 0 saturated carbocycles. The number of terminal acetylenes is 1. The van der Waals surface area contributed by atoms with E-state index in [0.717, 1.165) is 51.9 Å². The van der Waals surface area contributed by atoms with E-state index in [1.165, 1.54) is 0 Å². The standard InChI is InChI=1S/C14H23NO2/c1-3-4-12(2)15-13-5-8-17-14(11-13)6-9-16-10-7-14/h1,12-13,15H,4-11H2,2H3. The van der Waals surface area contributed by atoms with Gasteiger partial charge in [0.05, 0.1) is 5.60 Å². The Morgan fingerprint density at radius 3 is 2.88 bits per heavy atom. The highest BCUT2D eigenvalue weighted by atomic mass is 16.5. The first-order chi connectivity index (χ1) is 8.24. The highest BCUT2D eigenvalue weighted by Gasteiger charge is 2.39. The summed E-state index contributed by atoms with van der Waals surface area (Å²) in [6, 6.07) is 0.949. The van der Waals surface area contributed by atoms with Crippen LogP contribution in [0.25, 0.3) is 0 Å². The maximum atomic E-state index is 6.02.